The van der Waals surface area contributed by atoms with E-state index in [0.717, 1.165) is 0 Å². The summed E-state index contributed by atoms with van der Waals surface area (Å²) in [6.45, 7) is 6.04. The Balaban J connectivity index is 1.88. The summed E-state index contributed by atoms with van der Waals surface area (Å²) in [4.78, 5) is 41.9. The third-order valence-electron chi connectivity index (χ3n) is 5.43. The molecule has 0 radical (unpaired) electrons. The maximum absolute atomic E-state index is 13.6. The minimum atomic E-state index is -0.722. The molecule has 9 nitrogen and oxygen atoms in total. The molecule has 0 amide bonds. The van der Waals surface area contributed by atoms with Gasteiger partial charge >= 0.3 is 5.97 Å². The Hall–Kier alpha value is -4.05. The molecule has 0 N–H and O–H groups in total. The van der Waals surface area contributed by atoms with E-state index in [1.165, 1.54) is 28.0 Å². The average molecular weight is 494 g/mol. The van der Waals surface area contributed by atoms with Crippen LogP contribution in [-0.2, 0) is 9.53 Å². The highest BCUT2D eigenvalue weighted by Crippen LogP contribution is 2.31. The van der Waals surface area contributed by atoms with Crippen molar-refractivity contribution >= 4 is 29.1 Å². The minimum absolute atomic E-state index is 0.0335. The second-order valence-electron chi connectivity index (χ2n) is 7.65. The molecule has 2 heterocycles. The van der Waals surface area contributed by atoms with Gasteiger partial charge in [0.2, 0.25) is 0 Å². The summed E-state index contributed by atoms with van der Waals surface area (Å²) in [6, 6.07) is 12.4. The Morgan fingerprint density at radius 1 is 1.14 bits per heavy atom. The molecular formula is C25H23N3O6S. The van der Waals surface area contributed by atoms with Crippen LogP contribution in [0, 0.1) is 10.1 Å². The Labute approximate surface area is 204 Å². The fraction of sp³-hybridized carbons (Fsp3) is 0.240. The van der Waals surface area contributed by atoms with Crippen LogP contribution in [-0.4, -0.2) is 28.7 Å². The maximum atomic E-state index is 13.6. The number of hydrogen-bond acceptors (Lipinski definition) is 8. The first kappa shape index (κ1) is 24.1. The number of non-ortho nitro benzene ring substituents is 1. The molecule has 1 atom stereocenters. The molecule has 2 aromatic carbocycles. The van der Waals surface area contributed by atoms with Crippen LogP contribution >= 0.6 is 11.3 Å². The van der Waals surface area contributed by atoms with Gasteiger partial charge in [0.25, 0.3) is 11.2 Å². The van der Waals surface area contributed by atoms with Gasteiger partial charge < -0.3 is 9.47 Å². The molecule has 35 heavy (non-hydrogen) atoms. The number of carbonyl (C=O) groups excluding carboxylic acids is 1. The highest BCUT2D eigenvalue weighted by Gasteiger charge is 2.33. The van der Waals surface area contributed by atoms with Gasteiger partial charge in [-0.1, -0.05) is 23.5 Å². The molecule has 180 valence electrons. The zero-order valence-electron chi connectivity index (χ0n) is 19.4. The fourth-order valence-electron chi connectivity index (χ4n) is 3.86. The smallest absolute Gasteiger partial charge is 0.338 e. The molecule has 3 aromatic rings. The van der Waals surface area contributed by atoms with Gasteiger partial charge in [0.15, 0.2) is 4.80 Å². The molecule has 0 saturated carbocycles. The van der Waals surface area contributed by atoms with E-state index in [-0.39, 0.29) is 17.9 Å². The summed E-state index contributed by atoms with van der Waals surface area (Å²) in [5, 5.41) is 10.9. The topological polar surface area (TPSA) is 113 Å². The number of carbonyl (C=O) groups is 1. The van der Waals surface area contributed by atoms with Crippen LogP contribution in [0.1, 0.15) is 37.9 Å². The third-order valence-corrected chi connectivity index (χ3v) is 6.41. The number of nitro groups is 1. The summed E-state index contributed by atoms with van der Waals surface area (Å²) in [5.74, 6) is 0.150. The van der Waals surface area contributed by atoms with E-state index in [1.54, 1.807) is 44.2 Å². The summed E-state index contributed by atoms with van der Waals surface area (Å²) in [5.41, 5.74) is 1.78. The lowest BCUT2D eigenvalue weighted by molar-refractivity contribution is -0.384. The largest absolute Gasteiger partial charge is 0.494 e. The van der Waals surface area contributed by atoms with Crippen molar-refractivity contribution in [2.45, 2.75) is 26.8 Å². The quantitative estimate of drug-likeness (QED) is 0.284. The van der Waals surface area contributed by atoms with Crippen LogP contribution in [0.5, 0.6) is 5.75 Å². The zero-order valence-corrected chi connectivity index (χ0v) is 20.2. The number of nitro benzene ring substituents is 1. The molecule has 0 spiro atoms. The predicted octanol–water partition coefficient (Wildman–Crippen LogP) is 3.11. The highest BCUT2D eigenvalue weighted by atomic mass is 32.1. The first-order chi connectivity index (χ1) is 16.8. The van der Waals surface area contributed by atoms with E-state index in [0.29, 0.717) is 44.1 Å². The van der Waals surface area contributed by atoms with E-state index in [1.807, 2.05) is 19.1 Å². The molecule has 0 saturated heterocycles. The molecule has 1 aliphatic rings. The SMILES string of the molecule is CCOC(=O)C1=C(C)N=c2s/c(=C\c3ccc([N+](=O)[O-])cc3)c(=O)n2C1c1ccc(OCC)cc1. The zero-order chi connectivity index (χ0) is 25.1. The molecule has 1 aromatic heterocycles. The number of aromatic nitrogens is 1. The first-order valence-electron chi connectivity index (χ1n) is 11.0. The van der Waals surface area contributed by atoms with Crippen molar-refractivity contribution < 1.29 is 19.2 Å². The Morgan fingerprint density at radius 2 is 1.83 bits per heavy atom. The molecule has 10 heteroatoms. The van der Waals surface area contributed by atoms with E-state index in [2.05, 4.69) is 4.99 Å². The number of hydrogen-bond donors (Lipinski definition) is 0. The van der Waals surface area contributed by atoms with Gasteiger partial charge in [-0.2, -0.15) is 0 Å². The molecule has 1 unspecified atom stereocenters. The lowest BCUT2D eigenvalue weighted by Gasteiger charge is -2.24. The molecule has 4 rings (SSSR count). The molecule has 1 aliphatic heterocycles. The lowest BCUT2D eigenvalue weighted by atomic mass is 9.96. The van der Waals surface area contributed by atoms with Gasteiger partial charge in [-0.25, -0.2) is 9.79 Å². The predicted molar refractivity (Wildman–Crippen MR) is 131 cm³/mol. The highest BCUT2D eigenvalue weighted by molar-refractivity contribution is 7.07. The van der Waals surface area contributed by atoms with Crippen LogP contribution < -0.4 is 19.6 Å². The average Bonchev–Trinajstić information content (AvgIpc) is 3.13. The van der Waals surface area contributed by atoms with E-state index >= 15 is 0 Å². The summed E-state index contributed by atoms with van der Waals surface area (Å²) in [6.07, 6.45) is 1.66. The monoisotopic (exact) mass is 493 g/mol. The number of nitrogens with zero attached hydrogens (tertiary/aromatic N) is 3. The van der Waals surface area contributed by atoms with E-state index in [9.17, 15) is 19.7 Å². The van der Waals surface area contributed by atoms with E-state index < -0.39 is 16.9 Å². The van der Waals surface area contributed by atoms with Crippen LogP contribution in [0.15, 0.2) is 69.6 Å². The molecule has 0 aliphatic carbocycles. The minimum Gasteiger partial charge on any atom is -0.494 e. The van der Waals surface area contributed by atoms with E-state index in [4.69, 9.17) is 9.47 Å². The van der Waals surface area contributed by atoms with Gasteiger partial charge in [0.1, 0.15) is 5.75 Å². The third kappa shape index (κ3) is 4.78. The first-order valence-corrected chi connectivity index (χ1v) is 11.8. The van der Waals surface area contributed by atoms with Crippen molar-refractivity contribution in [2.75, 3.05) is 13.2 Å². The van der Waals surface area contributed by atoms with Crippen molar-refractivity contribution in [3.63, 3.8) is 0 Å². The Morgan fingerprint density at radius 3 is 2.43 bits per heavy atom. The number of ether oxygens (including phenoxy) is 2. The van der Waals surface area contributed by atoms with Crippen molar-refractivity contribution in [3.05, 3.63) is 101 Å². The number of esters is 1. The lowest BCUT2D eigenvalue weighted by Crippen LogP contribution is -2.39. The normalized spacial score (nSPS) is 15.4. The number of rotatable bonds is 7. The summed E-state index contributed by atoms with van der Waals surface area (Å²) in [7, 11) is 0. The van der Waals surface area contributed by atoms with Crippen molar-refractivity contribution in [1.29, 1.82) is 0 Å². The van der Waals surface area contributed by atoms with Gasteiger partial charge in [0.05, 0.1) is 40.0 Å². The number of thiazole rings is 1. The van der Waals surface area contributed by atoms with Crippen LogP contribution in [0.3, 0.4) is 0 Å². The Kier molecular flexibility index (Phi) is 6.92. The number of allylic oxidation sites excluding steroid dienone is 1. The van der Waals surface area contributed by atoms with Crippen LogP contribution in [0.25, 0.3) is 6.08 Å². The van der Waals surface area contributed by atoms with Gasteiger partial charge in [-0.15, -0.1) is 0 Å². The second-order valence-corrected chi connectivity index (χ2v) is 8.66. The van der Waals surface area contributed by atoms with Crippen molar-refractivity contribution in [2.24, 2.45) is 4.99 Å². The number of benzene rings is 2. The standard InChI is InChI=1S/C25H23N3O6S/c1-4-33-19-12-8-17(9-13-19)22-21(24(30)34-5-2)15(3)26-25-27(22)23(29)20(35-25)14-16-6-10-18(11-7-16)28(31)32/h6-14,22H,4-5H2,1-3H3/b20-14-. The Bertz CT molecular complexity index is 1480. The maximum Gasteiger partial charge on any atom is 0.338 e. The van der Waals surface area contributed by atoms with Crippen molar-refractivity contribution in [1.82, 2.24) is 4.57 Å². The summed E-state index contributed by atoms with van der Waals surface area (Å²) >= 11 is 1.19. The summed E-state index contributed by atoms with van der Waals surface area (Å²) < 4.78 is 12.7. The van der Waals surface area contributed by atoms with Crippen molar-refractivity contribution in [3.8, 4) is 5.75 Å². The van der Waals surface area contributed by atoms with Crippen LogP contribution in [0.2, 0.25) is 0 Å². The van der Waals surface area contributed by atoms with Crippen LogP contribution in [0.4, 0.5) is 5.69 Å². The second kappa shape index (κ2) is 10.1. The molecular weight excluding hydrogens is 470 g/mol. The van der Waals surface area contributed by atoms with Gasteiger partial charge in [-0.3, -0.25) is 19.5 Å². The van der Waals surface area contributed by atoms with Gasteiger partial charge in [-0.05, 0) is 62.2 Å². The molecule has 0 bridgehead atoms. The fourth-order valence-corrected chi connectivity index (χ4v) is 4.91. The molecule has 0 fully saturated rings. The van der Waals surface area contributed by atoms with Gasteiger partial charge in [0, 0.05) is 12.1 Å². The number of fused-ring (bicyclic) bond motifs is 1.